The number of anilines is 1. The minimum Gasteiger partial charge on any atom is -0.352 e. The molecule has 0 saturated carbocycles. The summed E-state index contributed by atoms with van der Waals surface area (Å²) in [6.07, 6.45) is 8.99. The Hall–Kier alpha value is -3.49. The number of hydrogen-bond donors (Lipinski definition) is 1. The van der Waals surface area contributed by atoms with Gasteiger partial charge in [0.2, 0.25) is 5.95 Å². The van der Waals surface area contributed by atoms with Crippen LogP contribution in [-0.4, -0.2) is 68.8 Å². The maximum Gasteiger partial charge on any atom is 0.225 e. The lowest BCUT2D eigenvalue weighted by atomic mass is 10.2. The Bertz CT molecular complexity index is 900. The van der Waals surface area contributed by atoms with Gasteiger partial charge in [-0.3, -0.25) is 4.99 Å². The summed E-state index contributed by atoms with van der Waals surface area (Å²) in [4.78, 5) is 21.9. The van der Waals surface area contributed by atoms with Crippen molar-refractivity contribution < 1.29 is 0 Å². The number of guanidine groups is 1. The highest BCUT2D eigenvalue weighted by atomic mass is 15.4. The average molecular weight is 377 g/mol. The molecule has 1 N–H and O–H groups in total. The number of piperazine rings is 1. The van der Waals surface area contributed by atoms with E-state index < -0.39 is 0 Å². The van der Waals surface area contributed by atoms with Crippen LogP contribution in [0.2, 0.25) is 0 Å². The fraction of sp³-hybridized carbons (Fsp3) is 0.316. The largest absolute Gasteiger partial charge is 0.352 e. The van der Waals surface area contributed by atoms with Crippen molar-refractivity contribution in [2.75, 3.05) is 38.1 Å². The van der Waals surface area contributed by atoms with Gasteiger partial charge in [-0.1, -0.05) is 0 Å². The number of hydrogen-bond acceptors (Lipinski definition) is 6. The Kier molecular flexibility index (Phi) is 5.41. The van der Waals surface area contributed by atoms with Crippen molar-refractivity contribution in [2.24, 2.45) is 4.99 Å². The molecule has 0 radical (unpaired) electrons. The molecule has 1 saturated heterocycles. The summed E-state index contributed by atoms with van der Waals surface area (Å²) in [5.41, 5.74) is 1.12. The van der Waals surface area contributed by atoms with Gasteiger partial charge in [0.05, 0.1) is 0 Å². The maximum absolute atomic E-state index is 4.45. The van der Waals surface area contributed by atoms with E-state index in [0.717, 1.165) is 49.5 Å². The van der Waals surface area contributed by atoms with E-state index in [0.29, 0.717) is 6.54 Å². The van der Waals surface area contributed by atoms with E-state index >= 15 is 0 Å². The summed E-state index contributed by atoms with van der Waals surface area (Å²) < 4.78 is 1.75. The third kappa shape index (κ3) is 4.08. The standard InChI is InChI=1S/C19H23N9/c1-20-18(26-10-12-27(13-11-26)19-22-5-2-6-23-19)24-15-16-4-8-21-17(14-16)28-9-3-7-25-28/h2-9,14H,10-13,15H2,1H3,(H,20,24). The lowest BCUT2D eigenvalue weighted by Crippen LogP contribution is -2.52. The summed E-state index contributed by atoms with van der Waals surface area (Å²) in [7, 11) is 1.82. The first kappa shape index (κ1) is 17.9. The molecular weight excluding hydrogens is 354 g/mol. The van der Waals surface area contributed by atoms with Gasteiger partial charge < -0.3 is 15.1 Å². The molecule has 0 aliphatic carbocycles. The first-order chi connectivity index (χ1) is 13.8. The highest BCUT2D eigenvalue weighted by Gasteiger charge is 2.21. The minimum atomic E-state index is 0.672. The van der Waals surface area contributed by atoms with Crippen molar-refractivity contribution >= 4 is 11.9 Å². The zero-order valence-electron chi connectivity index (χ0n) is 15.8. The number of aromatic nitrogens is 5. The number of nitrogens with one attached hydrogen (secondary N) is 1. The predicted molar refractivity (Wildman–Crippen MR) is 107 cm³/mol. The van der Waals surface area contributed by atoms with Gasteiger partial charge in [0.25, 0.3) is 0 Å². The Morgan fingerprint density at radius 3 is 2.57 bits per heavy atom. The molecule has 4 rings (SSSR count). The van der Waals surface area contributed by atoms with Crippen molar-refractivity contribution in [1.29, 1.82) is 0 Å². The summed E-state index contributed by atoms with van der Waals surface area (Å²) >= 11 is 0. The predicted octanol–water partition coefficient (Wildman–Crippen LogP) is 0.955. The first-order valence-electron chi connectivity index (χ1n) is 9.26. The second-order valence-electron chi connectivity index (χ2n) is 6.40. The normalized spacial score (nSPS) is 15.0. The Labute approximate surface area is 163 Å². The molecule has 1 aliphatic heterocycles. The van der Waals surface area contributed by atoms with Crippen LogP contribution in [0.4, 0.5) is 5.95 Å². The van der Waals surface area contributed by atoms with Crippen LogP contribution in [0.3, 0.4) is 0 Å². The second-order valence-corrected chi connectivity index (χ2v) is 6.40. The quantitative estimate of drug-likeness (QED) is 0.535. The third-order valence-electron chi connectivity index (χ3n) is 4.63. The molecule has 3 aromatic rings. The number of nitrogens with zero attached hydrogens (tertiary/aromatic N) is 8. The molecule has 9 heteroatoms. The second kappa shape index (κ2) is 8.47. The molecule has 9 nitrogen and oxygen atoms in total. The van der Waals surface area contributed by atoms with E-state index in [1.165, 1.54) is 0 Å². The lowest BCUT2D eigenvalue weighted by molar-refractivity contribution is 0.370. The van der Waals surface area contributed by atoms with Gasteiger partial charge >= 0.3 is 0 Å². The third-order valence-corrected chi connectivity index (χ3v) is 4.63. The Morgan fingerprint density at radius 1 is 1.04 bits per heavy atom. The Balaban J connectivity index is 1.34. The van der Waals surface area contributed by atoms with E-state index in [1.807, 2.05) is 37.5 Å². The molecule has 3 aromatic heterocycles. The van der Waals surface area contributed by atoms with Gasteiger partial charge in [0.1, 0.15) is 0 Å². The molecule has 1 fully saturated rings. The van der Waals surface area contributed by atoms with Gasteiger partial charge in [-0.05, 0) is 29.8 Å². The highest BCUT2D eigenvalue weighted by Crippen LogP contribution is 2.10. The molecule has 0 amide bonds. The zero-order valence-corrected chi connectivity index (χ0v) is 15.8. The summed E-state index contributed by atoms with van der Waals surface area (Å²) in [5.74, 6) is 2.48. The molecule has 0 bridgehead atoms. The SMILES string of the molecule is CN=C(NCc1ccnc(-n2cccn2)c1)N1CCN(c2ncccn2)CC1. The fourth-order valence-corrected chi connectivity index (χ4v) is 3.19. The smallest absolute Gasteiger partial charge is 0.225 e. The zero-order chi connectivity index (χ0) is 19.2. The lowest BCUT2D eigenvalue weighted by Gasteiger charge is -2.36. The molecule has 0 spiro atoms. The maximum atomic E-state index is 4.45. The topological polar surface area (TPSA) is 87.4 Å². The number of rotatable bonds is 4. The van der Waals surface area contributed by atoms with Crippen molar-refractivity contribution in [3.63, 3.8) is 0 Å². The van der Waals surface area contributed by atoms with Crippen LogP contribution >= 0.6 is 0 Å². The van der Waals surface area contributed by atoms with Crippen LogP contribution in [0.1, 0.15) is 5.56 Å². The molecule has 144 valence electrons. The van der Waals surface area contributed by atoms with E-state index in [1.54, 1.807) is 29.5 Å². The fourth-order valence-electron chi connectivity index (χ4n) is 3.19. The molecule has 0 aromatic carbocycles. The summed E-state index contributed by atoms with van der Waals surface area (Å²) in [6.45, 7) is 4.14. The van der Waals surface area contributed by atoms with Gasteiger partial charge in [-0.25, -0.2) is 19.6 Å². The molecule has 4 heterocycles. The van der Waals surface area contributed by atoms with Crippen LogP contribution in [0, 0.1) is 0 Å². The van der Waals surface area contributed by atoms with Gasteiger partial charge in [-0.15, -0.1) is 0 Å². The van der Waals surface area contributed by atoms with Crippen molar-refractivity contribution in [3.8, 4) is 5.82 Å². The summed E-state index contributed by atoms with van der Waals surface area (Å²) in [5, 5.41) is 7.68. The van der Waals surface area contributed by atoms with E-state index in [9.17, 15) is 0 Å². The van der Waals surface area contributed by atoms with Gasteiger partial charge in [0.15, 0.2) is 11.8 Å². The monoisotopic (exact) mass is 377 g/mol. The van der Waals surface area contributed by atoms with E-state index in [4.69, 9.17) is 0 Å². The highest BCUT2D eigenvalue weighted by molar-refractivity contribution is 5.80. The van der Waals surface area contributed by atoms with Gasteiger partial charge in [0, 0.05) is 70.8 Å². The van der Waals surface area contributed by atoms with Crippen molar-refractivity contribution in [1.82, 2.24) is 34.9 Å². The average Bonchev–Trinajstić information content (AvgIpc) is 3.31. The van der Waals surface area contributed by atoms with E-state index in [2.05, 4.69) is 40.2 Å². The molecule has 28 heavy (non-hydrogen) atoms. The van der Waals surface area contributed by atoms with Gasteiger partial charge in [-0.2, -0.15) is 5.10 Å². The van der Waals surface area contributed by atoms with Crippen LogP contribution < -0.4 is 10.2 Å². The van der Waals surface area contributed by atoms with E-state index in [-0.39, 0.29) is 0 Å². The Morgan fingerprint density at radius 2 is 1.86 bits per heavy atom. The van der Waals surface area contributed by atoms with Crippen molar-refractivity contribution in [2.45, 2.75) is 6.54 Å². The summed E-state index contributed by atoms with van der Waals surface area (Å²) in [6, 6.07) is 7.74. The van der Waals surface area contributed by atoms with Crippen molar-refractivity contribution in [3.05, 3.63) is 60.8 Å². The molecule has 0 atom stereocenters. The number of aliphatic imine (C=N–C) groups is 1. The molecular formula is C19H23N9. The van der Waals surface area contributed by atoms with Crippen LogP contribution in [0.5, 0.6) is 0 Å². The van der Waals surface area contributed by atoms with Crippen LogP contribution in [0.15, 0.2) is 60.2 Å². The number of pyridine rings is 1. The van der Waals surface area contributed by atoms with Crippen LogP contribution in [0.25, 0.3) is 5.82 Å². The first-order valence-corrected chi connectivity index (χ1v) is 9.26. The minimum absolute atomic E-state index is 0.672. The molecule has 1 aliphatic rings. The van der Waals surface area contributed by atoms with Crippen LogP contribution in [-0.2, 0) is 6.54 Å². The molecule has 0 unspecified atom stereocenters.